The van der Waals surface area contributed by atoms with Gasteiger partial charge in [0.05, 0.1) is 13.2 Å². The molecule has 2 heteroatoms. The van der Waals surface area contributed by atoms with E-state index in [9.17, 15) is 0 Å². The maximum Gasteiger partial charge on any atom is 0.0720 e. The standard InChI is InChI=1S/C24H25ClO/c1-18-20(10-7-11-23(18)19-8-5-4-6-9-19)16-26-17-24(2,3)21-12-14-22(25)15-13-21/h4-15H,16-17H2,1-3H3. The Kier molecular flexibility index (Phi) is 5.80. The first-order valence-corrected chi connectivity index (χ1v) is 9.33. The predicted molar refractivity (Wildman–Crippen MR) is 111 cm³/mol. The molecular weight excluding hydrogens is 340 g/mol. The molecule has 0 amide bonds. The molecule has 0 bridgehead atoms. The number of hydrogen-bond donors (Lipinski definition) is 0. The minimum absolute atomic E-state index is 0.0600. The fraction of sp³-hybridized carbons (Fsp3) is 0.250. The first kappa shape index (κ1) is 18.7. The largest absolute Gasteiger partial charge is 0.376 e. The van der Waals surface area contributed by atoms with E-state index in [4.69, 9.17) is 16.3 Å². The van der Waals surface area contributed by atoms with E-state index >= 15 is 0 Å². The van der Waals surface area contributed by atoms with E-state index in [1.54, 1.807) is 0 Å². The third kappa shape index (κ3) is 4.35. The van der Waals surface area contributed by atoms with Gasteiger partial charge in [-0.25, -0.2) is 0 Å². The molecule has 0 aliphatic rings. The topological polar surface area (TPSA) is 9.23 Å². The average molecular weight is 365 g/mol. The lowest BCUT2D eigenvalue weighted by atomic mass is 9.85. The van der Waals surface area contributed by atoms with Gasteiger partial charge in [0, 0.05) is 10.4 Å². The Morgan fingerprint density at radius 3 is 2.23 bits per heavy atom. The van der Waals surface area contributed by atoms with Gasteiger partial charge in [0.1, 0.15) is 0 Å². The van der Waals surface area contributed by atoms with Crippen molar-refractivity contribution in [2.45, 2.75) is 32.8 Å². The number of rotatable bonds is 6. The first-order valence-electron chi connectivity index (χ1n) is 8.95. The maximum absolute atomic E-state index is 6.11. The Hall–Kier alpha value is -2.09. The summed E-state index contributed by atoms with van der Waals surface area (Å²) in [5, 5.41) is 0.763. The molecular formula is C24H25ClO. The molecule has 0 saturated carbocycles. The maximum atomic E-state index is 6.11. The molecule has 1 nitrogen and oxygen atoms in total. The van der Waals surface area contributed by atoms with Crippen LogP contribution in [0.3, 0.4) is 0 Å². The summed E-state index contributed by atoms with van der Waals surface area (Å²) in [6.07, 6.45) is 0. The normalized spacial score (nSPS) is 11.5. The summed E-state index contributed by atoms with van der Waals surface area (Å²) in [6.45, 7) is 7.84. The predicted octanol–water partition coefficient (Wildman–Crippen LogP) is 6.81. The van der Waals surface area contributed by atoms with Gasteiger partial charge in [-0.3, -0.25) is 0 Å². The van der Waals surface area contributed by atoms with Gasteiger partial charge in [-0.15, -0.1) is 0 Å². The molecule has 0 aliphatic heterocycles. The van der Waals surface area contributed by atoms with Crippen molar-refractivity contribution in [1.29, 1.82) is 0 Å². The highest BCUT2D eigenvalue weighted by atomic mass is 35.5. The van der Waals surface area contributed by atoms with Crippen molar-refractivity contribution in [3.8, 4) is 11.1 Å². The molecule has 0 heterocycles. The van der Waals surface area contributed by atoms with Crippen LogP contribution in [0.1, 0.15) is 30.5 Å². The molecule has 26 heavy (non-hydrogen) atoms. The van der Waals surface area contributed by atoms with Crippen LogP contribution in [0.25, 0.3) is 11.1 Å². The smallest absolute Gasteiger partial charge is 0.0720 e. The van der Waals surface area contributed by atoms with Crippen LogP contribution < -0.4 is 0 Å². The van der Waals surface area contributed by atoms with Gasteiger partial charge in [0.2, 0.25) is 0 Å². The van der Waals surface area contributed by atoms with Crippen LogP contribution in [-0.4, -0.2) is 6.61 Å². The van der Waals surface area contributed by atoms with E-state index in [2.05, 4.69) is 75.4 Å². The van der Waals surface area contributed by atoms with Crippen molar-refractivity contribution in [1.82, 2.24) is 0 Å². The third-order valence-electron chi connectivity index (χ3n) is 4.88. The lowest BCUT2D eigenvalue weighted by molar-refractivity contribution is 0.0822. The molecule has 0 atom stereocenters. The van der Waals surface area contributed by atoms with E-state index in [1.165, 1.54) is 27.8 Å². The van der Waals surface area contributed by atoms with Gasteiger partial charge in [0.15, 0.2) is 0 Å². The van der Waals surface area contributed by atoms with Crippen molar-refractivity contribution < 1.29 is 4.74 Å². The molecule has 3 aromatic rings. The van der Waals surface area contributed by atoms with Gasteiger partial charge < -0.3 is 4.74 Å². The van der Waals surface area contributed by atoms with Crippen molar-refractivity contribution in [3.05, 3.63) is 94.5 Å². The zero-order valence-electron chi connectivity index (χ0n) is 15.6. The fourth-order valence-electron chi connectivity index (χ4n) is 3.17. The average Bonchev–Trinajstić information content (AvgIpc) is 2.64. The van der Waals surface area contributed by atoms with E-state index in [1.807, 2.05) is 18.2 Å². The summed E-state index contributed by atoms with van der Waals surface area (Å²) in [6, 6.07) is 25.0. The number of hydrogen-bond acceptors (Lipinski definition) is 1. The fourth-order valence-corrected chi connectivity index (χ4v) is 3.30. The Morgan fingerprint density at radius 2 is 1.54 bits per heavy atom. The molecule has 0 unspecified atom stereocenters. The van der Waals surface area contributed by atoms with Crippen LogP contribution >= 0.6 is 11.6 Å². The van der Waals surface area contributed by atoms with Crippen molar-refractivity contribution >= 4 is 11.6 Å². The molecule has 0 aliphatic carbocycles. The lowest BCUT2D eigenvalue weighted by Gasteiger charge is -2.25. The minimum Gasteiger partial charge on any atom is -0.376 e. The summed E-state index contributed by atoms with van der Waals surface area (Å²) in [5.74, 6) is 0. The van der Waals surface area contributed by atoms with Gasteiger partial charge in [-0.1, -0.05) is 86.1 Å². The summed E-state index contributed by atoms with van der Waals surface area (Å²) in [4.78, 5) is 0. The zero-order chi connectivity index (χ0) is 18.6. The van der Waals surface area contributed by atoms with Crippen LogP contribution in [-0.2, 0) is 16.8 Å². The minimum atomic E-state index is -0.0600. The first-order chi connectivity index (χ1) is 12.5. The molecule has 3 rings (SSSR count). The Bertz CT molecular complexity index is 851. The molecule has 134 valence electrons. The van der Waals surface area contributed by atoms with Crippen molar-refractivity contribution in [3.63, 3.8) is 0 Å². The second-order valence-corrected chi connectivity index (χ2v) is 7.78. The molecule has 0 spiro atoms. The SMILES string of the molecule is Cc1c(COCC(C)(C)c2ccc(Cl)cc2)cccc1-c1ccccc1. The highest BCUT2D eigenvalue weighted by Crippen LogP contribution is 2.28. The summed E-state index contributed by atoms with van der Waals surface area (Å²) < 4.78 is 6.11. The molecule has 0 aromatic heterocycles. The second-order valence-electron chi connectivity index (χ2n) is 7.34. The Balaban J connectivity index is 1.69. The van der Waals surface area contributed by atoms with E-state index in [0.717, 1.165) is 5.02 Å². The summed E-state index contributed by atoms with van der Waals surface area (Å²) in [7, 11) is 0. The molecule has 3 aromatic carbocycles. The van der Waals surface area contributed by atoms with Gasteiger partial charge in [-0.05, 0) is 46.9 Å². The van der Waals surface area contributed by atoms with E-state index < -0.39 is 0 Å². The van der Waals surface area contributed by atoms with Crippen LogP contribution in [0.5, 0.6) is 0 Å². The molecule has 0 radical (unpaired) electrons. The lowest BCUT2D eigenvalue weighted by Crippen LogP contribution is -2.24. The van der Waals surface area contributed by atoms with Crippen LogP contribution in [0, 0.1) is 6.92 Å². The number of halogens is 1. The Morgan fingerprint density at radius 1 is 0.846 bits per heavy atom. The highest BCUT2D eigenvalue weighted by molar-refractivity contribution is 6.30. The van der Waals surface area contributed by atoms with Gasteiger partial charge in [0.25, 0.3) is 0 Å². The van der Waals surface area contributed by atoms with Crippen molar-refractivity contribution in [2.24, 2.45) is 0 Å². The Labute approximate surface area is 161 Å². The number of ether oxygens (including phenoxy) is 1. The van der Waals surface area contributed by atoms with Crippen molar-refractivity contribution in [2.75, 3.05) is 6.61 Å². The van der Waals surface area contributed by atoms with E-state index in [0.29, 0.717) is 13.2 Å². The number of benzene rings is 3. The zero-order valence-corrected chi connectivity index (χ0v) is 16.4. The molecule has 0 N–H and O–H groups in total. The third-order valence-corrected chi connectivity index (χ3v) is 5.13. The molecule has 0 saturated heterocycles. The second kappa shape index (κ2) is 8.07. The van der Waals surface area contributed by atoms with Crippen LogP contribution in [0.15, 0.2) is 72.8 Å². The highest BCUT2D eigenvalue weighted by Gasteiger charge is 2.21. The van der Waals surface area contributed by atoms with Gasteiger partial charge in [-0.2, -0.15) is 0 Å². The van der Waals surface area contributed by atoms with Crippen LogP contribution in [0.2, 0.25) is 5.02 Å². The van der Waals surface area contributed by atoms with Crippen LogP contribution in [0.4, 0.5) is 0 Å². The van der Waals surface area contributed by atoms with Gasteiger partial charge >= 0.3 is 0 Å². The van der Waals surface area contributed by atoms with E-state index in [-0.39, 0.29) is 5.41 Å². The monoisotopic (exact) mass is 364 g/mol. The molecule has 0 fully saturated rings. The summed E-state index contributed by atoms with van der Waals surface area (Å²) in [5.41, 5.74) is 6.20. The summed E-state index contributed by atoms with van der Waals surface area (Å²) >= 11 is 6.00. The quantitative estimate of drug-likeness (QED) is 0.466.